The Kier molecular flexibility index (Phi) is 5.36. The van der Waals surface area contributed by atoms with E-state index in [0.717, 1.165) is 11.1 Å². The molecule has 1 saturated heterocycles. The van der Waals surface area contributed by atoms with Crippen LogP contribution in [0.1, 0.15) is 11.1 Å². The van der Waals surface area contributed by atoms with Crippen molar-refractivity contribution in [2.24, 2.45) is 5.10 Å². The first-order chi connectivity index (χ1) is 11.5. The van der Waals surface area contributed by atoms with Crippen molar-refractivity contribution in [2.75, 3.05) is 0 Å². The third-order valence-corrected chi connectivity index (χ3v) is 4.92. The fourth-order valence-corrected chi connectivity index (χ4v) is 3.37. The number of rotatable bonds is 3. The van der Waals surface area contributed by atoms with Gasteiger partial charge in [-0.15, -0.1) is 0 Å². The molecule has 1 aliphatic heterocycles. The van der Waals surface area contributed by atoms with Crippen molar-refractivity contribution < 1.29 is 4.79 Å². The molecule has 0 unspecified atom stereocenters. The lowest BCUT2D eigenvalue weighted by molar-refractivity contribution is -0.122. The van der Waals surface area contributed by atoms with Crippen LogP contribution in [-0.2, 0) is 4.79 Å². The van der Waals surface area contributed by atoms with Gasteiger partial charge in [-0.2, -0.15) is 10.1 Å². The summed E-state index contributed by atoms with van der Waals surface area (Å²) in [5.74, 6) is -0.245. The molecule has 1 fully saturated rings. The summed E-state index contributed by atoms with van der Waals surface area (Å²) in [6.45, 7) is 0. The summed E-state index contributed by atoms with van der Waals surface area (Å²) in [5, 5.41) is 6.69. The van der Waals surface area contributed by atoms with Crippen LogP contribution in [0.5, 0.6) is 0 Å². The van der Waals surface area contributed by atoms with Gasteiger partial charge < -0.3 is 0 Å². The fourth-order valence-electron chi connectivity index (χ4n) is 1.94. The summed E-state index contributed by atoms with van der Waals surface area (Å²) in [6, 6.07) is 14.4. The molecule has 2 aromatic carbocycles. The molecule has 2 aromatic rings. The van der Waals surface area contributed by atoms with E-state index in [9.17, 15) is 4.79 Å². The van der Waals surface area contributed by atoms with E-state index in [4.69, 9.17) is 35.4 Å². The second-order valence-corrected chi connectivity index (χ2v) is 7.39. The second-order valence-electron chi connectivity index (χ2n) is 4.84. The van der Waals surface area contributed by atoms with E-state index in [2.05, 4.69) is 5.10 Å². The van der Waals surface area contributed by atoms with Crippen LogP contribution < -0.4 is 0 Å². The number of nitrogens with zero attached hydrogens (tertiary/aromatic N) is 2. The molecule has 3 rings (SSSR count). The minimum absolute atomic E-state index is 0.245. The van der Waals surface area contributed by atoms with Crippen molar-refractivity contribution in [3.05, 3.63) is 74.6 Å². The first-order valence-electron chi connectivity index (χ1n) is 6.86. The number of carbonyl (C=O) groups excluding carboxylic acids is 1. The van der Waals surface area contributed by atoms with Gasteiger partial charge in [0.2, 0.25) is 0 Å². The van der Waals surface area contributed by atoms with E-state index in [1.807, 2.05) is 24.3 Å². The van der Waals surface area contributed by atoms with E-state index in [1.54, 1.807) is 36.6 Å². The highest BCUT2D eigenvalue weighted by atomic mass is 35.5. The lowest BCUT2D eigenvalue weighted by atomic mass is 10.2. The Labute approximate surface area is 158 Å². The van der Waals surface area contributed by atoms with Gasteiger partial charge in [0.1, 0.15) is 0 Å². The Morgan fingerprint density at radius 3 is 2.08 bits per heavy atom. The number of thioether (sulfide) groups is 1. The third-order valence-electron chi connectivity index (χ3n) is 3.13. The SMILES string of the molecule is O=C1/C(=C/c2ccc(Cl)cc2)SC(=S)N1/N=C\c1ccc(Cl)cc1. The average molecular weight is 393 g/mol. The second kappa shape index (κ2) is 7.49. The first-order valence-corrected chi connectivity index (χ1v) is 8.84. The summed E-state index contributed by atoms with van der Waals surface area (Å²) >= 11 is 18.2. The fraction of sp³-hybridized carbons (Fsp3) is 0. The van der Waals surface area contributed by atoms with Crippen LogP contribution in [0.25, 0.3) is 6.08 Å². The van der Waals surface area contributed by atoms with Crippen molar-refractivity contribution in [1.82, 2.24) is 5.01 Å². The van der Waals surface area contributed by atoms with E-state index < -0.39 is 0 Å². The van der Waals surface area contributed by atoms with Crippen molar-refractivity contribution >= 4 is 69.7 Å². The Bertz CT molecular complexity index is 846. The van der Waals surface area contributed by atoms with Gasteiger partial charge in [-0.25, -0.2) is 0 Å². The van der Waals surface area contributed by atoms with Gasteiger partial charge >= 0.3 is 0 Å². The number of hydrogen-bond donors (Lipinski definition) is 0. The molecule has 1 heterocycles. The van der Waals surface area contributed by atoms with Gasteiger partial charge in [0.05, 0.1) is 11.1 Å². The van der Waals surface area contributed by atoms with Crippen molar-refractivity contribution in [3.63, 3.8) is 0 Å². The average Bonchev–Trinajstić information content (AvgIpc) is 2.83. The molecule has 0 atom stereocenters. The highest BCUT2D eigenvalue weighted by Gasteiger charge is 2.31. The molecule has 3 nitrogen and oxygen atoms in total. The maximum Gasteiger partial charge on any atom is 0.286 e. The Morgan fingerprint density at radius 2 is 1.50 bits per heavy atom. The van der Waals surface area contributed by atoms with Crippen molar-refractivity contribution in [1.29, 1.82) is 0 Å². The first kappa shape index (κ1) is 17.2. The monoisotopic (exact) mass is 392 g/mol. The highest BCUT2D eigenvalue weighted by molar-refractivity contribution is 8.26. The Morgan fingerprint density at radius 1 is 0.958 bits per heavy atom. The van der Waals surface area contributed by atoms with Gasteiger partial charge in [-0.3, -0.25) is 4.79 Å². The number of halogens is 2. The standard InChI is InChI=1S/C17H10Cl2N2OS2/c18-13-5-1-11(2-6-13)9-15-16(22)21(17(23)24-15)20-10-12-3-7-14(19)8-4-12/h1-10H/b15-9-,20-10-. The number of thiocarbonyl (C=S) groups is 1. The third kappa shape index (κ3) is 4.05. The molecule has 1 amide bonds. The zero-order chi connectivity index (χ0) is 17.1. The van der Waals surface area contributed by atoms with Crippen LogP contribution >= 0.6 is 47.2 Å². The number of hydrazone groups is 1. The van der Waals surface area contributed by atoms with E-state index in [1.165, 1.54) is 16.8 Å². The molecule has 120 valence electrons. The lowest BCUT2D eigenvalue weighted by Gasteiger charge is -2.06. The normalized spacial score (nSPS) is 16.6. The van der Waals surface area contributed by atoms with E-state index in [-0.39, 0.29) is 5.91 Å². The van der Waals surface area contributed by atoms with Crippen LogP contribution in [0.15, 0.2) is 58.5 Å². The van der Waals surface area contributed by atoms with Crippen molar-refractivity contribution in [2.45, 2.75) is 0 Å². The molecule has 24 heavy (non-hydrogen) atoms. The summed E-state index contributed by atoms with van der Waals surface area (Å²) in [5.41, 5.74) is 1.71. The smallest absolute Gasteiger partial charge is 0.266 e. The maximum atomic E-state index is 12.5. The predicted octanol–water partition coefficient (Wildman–Crippen LogP) is 5.23. The largest absolute Gasteiger partial charge is 0.286 e. The van der Waals surface area contributed by atoms with E-state index in [0.29, 0.717) is 19.3 Å². The molecule has 0 N–H and O–H groups in total. The van der Waals surface area contributed by atoms with Crippen LogP contribution in [0.3, 0.4) is 0 Å². The van der Waals surface area contributed by atoms with Crippen LogP contribution in [-0.4, -0.2) is 21.5 Å². The van der Waals surface area contributed by atoms with Gasteiger partial charge in [0, 0.05) is 10.0 Å². The van der Waals surface area contributed by atoms with E-state index >= 15 is 0 Å². The summed E-state index contributed by atoms with van der Waals surface area (Å²) in [6.07, 6.45) is 3.35. The molecule has 1 aliphatic rings. The molecular weight excluding hydrogens is 383 g/mol. The lowest BCUT2D eigenvalue weighted by Crippen LogP contribution is -2.22. The van der Waals surface area contributed by atoms with Gasteiger partial charge in [-0.05, 0) is 53.7 Å². The summed E-state index contributed by atoms with van der Waals surface area (Å²) < 4.78 is 0.394. The number of hydrogen-bond acceptors (Lipinski definition) is 4. The molecular formula is C17H10Cl2N2OS2. The number of carbonyl (C=O) groups is 1. The van der Waals surface area contributed by atoms with Crippen LogP contribution in [0.2, 0.25) is 10.0 Å². The zero-order valence-corrected chi connectivity index (χ0v) is 15.3. The van der Waals surface area contributed by atoms with Crippen LogP contribution in [0, 0.1) is 0 Å². The molecule has 0 bridgehead atoms. The van der Waals surface area contributed by atoms with Gasteiger partial charge in [-0.1, -0.05) is 59.2 Å². The number of amides is 1. The summed E-state index contributed by atoms with van der Waals surface area (Å²) in [4.78, 5) is 13.0. The molecule has 0 radical (unpaired) electrons. The Hall–Kier alpha value is -1.66. The maximum absolute atomic E-state index is 12.5. The van der Waals surface area contributed by atoms with Gasteiger partial charge in [0.15, 0.2) is 4.32 Å². The Balaban J connectivity index is 1.78. The molecule has 0 aromatic heterocycles. The summed E-state index contributed by atoms with van der Waals surface area (Å²) in [7, 11) is 0. The minimum Gasteiger partial charge on any atom is -0.266 e. The predicted molar refractivity (Wildman–Crippen MR) is 106 cm³/mol. The van der Waals surface area contributed by atoms with Crippen LogP contribution in [0.4, 0.5) is 0 Å². The minimum atomic E-state index is -0.245. The molecule has 0 saturated carbocycles. The van der Waals surface area contributed by atoms with Gasteiger partial charge in [0.25, 0.3) is 5.91 Å². The van der Waals surface area contributed by atoms with Crippen molar-refractivity contribution in [3.8, 4) is 0 Å². The molecule has 7 heteroatoms. The topological polar surface area (TPSA) is 32.7 Å². The highest BCUT2D eigenvalue weighted by Crippen LogP contribution is 2.32. The zero-order valence-electron chi connectivity index (χ0n) is 12.1. The quantitative estimate of drug-likeness (QED) is 0.407. The number of benzene rings is 2. The molecule has 0 aliphatic carbocycles. The molecule has 0 spiro atoms.